The van der Waals surface area contributed by atoms with Crippen molar-refractivity contribution in [1.82, 2.24) is 0 Å². The molecule has 0 N–H and O–H groups in total. The Bertz CT molecular complexity index is 310. The molecule has 0 aliphatic carbocycles. The second-order valence-electron chi connectivity index (χ2n) is 3.01. The third-order valence-electron chi connectivity index (χ3n) is 1.85. The molecule has 0 heterocycles. The number of ether oxygens (including phenoxy) is 1. The lowest BCUT2D eigenvalue weighted by Gasteiger charge is -2.13. The molecule has 0 aliphatic rings. The second kappa shape index (κ2) is 5.30. The van der Waals surface area contributed by atoms with Crippen LogP contribution >= 0.6 is 7.37 Å². The molecule has 0 fully saturated rings. The predicted octanol–water partition coefficient (Wildman–Crippen LogP) is 1.88. The Kier molecular flexibility index (Phi) is 4.33. The summed E-state index contributed by atoms with van der Waals surface area (Å²) in [5, 5.41) is 0.746. The number of hydrogen-bond acceptors (Lipinski definition) is 3. The van der Waals surface area contributed by atoms with Crippen molar-refractivity contribution in [2.45, 2.75) is 0 Å². The minimum Gasteiger partial charge on any atom is -0.382 e. The first-order valence-corrected chi connectivity index (χ1v) is 6.50. The highest BCUT2D eigenvalue weighted by Gasteiger charge is 2.17. The third-order valence-corrected chi connectivity index (χ3v) is 3.76. The fourth-order valence-electron chi connectivity index (χ4n) is 1.07. The summed E-state index contributed by atoms with van der Waals surface area (Å²) in [6.07, 6.45) is 0. The Balaban J connectivity index is 2.62. The summed E-state index contributed by atoms with van der Waals surface area (Å²) in [6.45, 7) is 2.45. The van der Waals surface area contributed by atoms with E-state index in [4.69, 9.17) is 9.26 Å². The van der Waals surface area contributed by atoms with E-state index in [2.05, 4.69) is 0 Å². The maximum Gasteiger partial charge on any atom is 0.229 e. The van der Waals surface area contributed by atoms with Gasteiger partial charge in [0.1, 0.15) is 0 Å². The molecule has 1 aromatic carbocycles. The molecule has 0 aliphatic heterocycles. The molecular weight excluding hydrogens is 199 g/mol. The first-order chi connectivity index (χ1) is 6.67. The molecule has 0 spiro atoms. The van der Waals surface area contributed by atoms with Crippen LogP contribution in [0.2, 0.25) is 0 Å². The summed E-state index contributed by atoms with van der Waals surface area (Å²) < 4.78 is 22.1. The highest BCUT2D eigenvalue weighted by atomic mass is 31.2. The van der Waals surface area contributed by atoms with Gasteiger partial charge in [-0.15, -0.1) is 0 Å². The first-order valence-electron chi connectivity index (χ1n) is 4.43. The van der Waals surface area contributed by atoms with Crippen molar-refractivity contribution >= 4 is 12.7 Å². The van der Waals surface area contributed by atoms with Gasteiger partial charge in [-0.25, -0.2) is 0 Å². The Morgan fingerprint density at radius 3 is 2.43 bits per heavy atom. The van der Waals surface area contributed by atoms with Crippen molar-refractivity contribution in [3.63, 3.8) is 0 Å². The molecule has 1 rings (SSSR count). The van der Waals surface area contributed by atoms with Gasteiger partial charge in [0.2, 0.25) is 7.37 Å². The van der Waals surface area contributed by atoms with E-state index in [0.717, 1.165) is 5.30 Å². The molecule has 4 heteroatoms. The summed E-state index contributed by atoms with van der Waals surface area (Å²) in [7, 11) is -1.06. The molecule has 0 radical (unpaired) electrons. The van der Waals surface area contributed by atoms with Gasteiger partial charge >= 0.3 is 0 Å². The Morgan fingerprint density at radius 1 is 1.21 bits per heavy atom. The molecule has 0 bridgehead atoms. The largest absolute Gasteiger partial charge is 0.382 e. The minimum absolute atomic E-state index is 0.360. The third kappa shape index (κ3) is 3.26. The second-order valence-corrected chi connectivity index (χ2v) is 5.47. The Hall–Kier alpha value is -0.630. The molecular formula is C10H15O3P. The molecule has 1 atom stereocenters. The number of benzene rings is 1. The number of rotatable bonds is 5. The van der Waals surface area contributed by atoms with Crippen molar-refractivity contribution in [1.29, 1.82) is 0 Å². The summed E-state index contributed by atoms with van der Waals surface area (Å²) in [6, 6.07) is 9.22. The predicted molar refractivity (Wildman–Crippen MR) is 57.4 cm³/mol. The van der Waals surface area contributed by atoms with Gasteiger partial charge in [-0.1, -0.05) is 18.2 Å². The van der Waals surface area contributed by atoms with Crippen molar-refractivity contribution < 1.29 is 13.8 Å². The SMILES string of the molecule is COCCOP(C)(=O)c1ccccc1. The topological polar surface area (TPSA) is 35.5 Å². The summed E-state index contributed by atoms with van der Waals surface area (Å²) in [5.74, 6) is 0. The molecule has 1 aromatic rings. The van der Waals surface area contributed by atoms with Crippen LogP contribution in [0.5, 0.6) is 0 Å². The molecule has 14 heavy (non-hydrogen) atoms. The average molecular weight is 214 g/mol. The van der Waals surface area contributed by atoms with Gasteiger partial charge in [0.05, 0.1) is 13.2 Å². The average Bonchev–Trinajstić information content (AvgIpc) is 2.19. The van der Waals surface area contributed by atoms with Crippen LogP contribution in [0.3, 0.4) is 0 Å². The monoisotopic (exact) mass is 214 g/mol. The van der Waals surface area contributed by atoms with Crippen LogP contribution in [0.4, 0.5) is 0 Å². The van der Waals surface area contributed by atoms with Gasteiger partial charge in [0.25, 0.3) is 0 Å². The molecule has 0 amide bonds. The smallest absolute Gasteiger partial charge is 0.229 e. The van der Waals surface area contributed by atoms with Gasteiger partial charge in [0.15, 0.2) is 0 Å². The Labute approximate surface area is 84.5 Å². The van der Waals surface area contributed by atoms with Crippen LogP contribution in [0.1, 0.15) is 0 Å². The van der Waals surface area contributed by atoms with Crippen LogP contribution < -0.4 is 5.30 Å². The zero-order chi connectivity index (χ0) is 10.4. The lowest BCUT2D eigenvalue weighted by molar-refractivity contribution is 0.149. The lowest BCUT2D eigenvalue weighted by atomic mass is 10.4. The first kappa shape index (κ1) is 11.4. The van der Waals surface area contributed by atoms with Gasteiger partial charge in [-0.3, -0.25) is 4.57 Å². The molecule has 3 nitrogen and oxygen atoms in total. The highest BCUT2D eigenvalue weighted by molar-refractivity contribution is 7.66. The van der Waals surface area contributed by atoms with E-state index in [0.29, 0.717) is 13.2 Å². The van der Waals surface area contributed by atoms with Crippen molar-refractivity contribution in [3.05, 3.63) is 30.3 Å². The number of methoxy groups -OCH3 is 1. The standard InChI is InChI=1S/C10H15O3P/c1-12-8-9-13-14(2,11)10-6-4-3-5-7-10/h3-7H,8-9H2,1-2H3. The van der Waals surface area contributed by atoms with Crippen molar-refractivity contribution in [2.24, 2.45) is 0 Å². The van der Waals surface area contributed by atoms with E-state index in [1.54, 1.807) is 13.8 Å². The molecule has 0 aromatic heterocycles. The van der Waals surface area contributed by atoms with Crippen LogP contribution in [-0.4, -0.2) is 27.0 Å². The normalized spacial score (nSPS) is 15.0. The van der Waals surface area contributed by atoms with E-state index in [9.17, 15) is 4.57 Å². The number of hydrogen-bond donors (Lipinski definition) is 0. The Morgan fingerprint density at radius 2 is 1.86 bits per heavy atom. The van der Waals surface area contributed by atoms with Crippen molar-refractivity contribution in [2.75, 3.05) is 27.0 Å². The fourth-order valence-corrected chi connectivity index (χ4v) is 2.35. The van der Waals surface area contributed by atoms with Gasteiger partial charge in [-0.05, 0) is 12.1 Å². The maximum atomic E-state index is 12.0. The van der Waals surface area contributed by atoms with Crippen molar-refractivity contribution in [3.8, 4) is 0 Å². The fraction of sp³-hybridized carbons (Fsp3) is 0.400. The van der Waals surface area contributed by atoms with E-state index in [1.807, 2.05) is 30.3 Å². The van der Waals surface area contributed by atoms with Crippen LogP contribution in [-0.2, 0) is 13.8 Å². The summed E-state index contributed by atoms with van der Waals surface area (Å²) in [4.78, 5) is 0. The van der Waals surface area contributed by atoms with Crippen LogP contribution in [0.25, 0.3) is 0 Å². The zero-order valence-electron chi connectivity index (χ0n) is 8.47. The lowest BCUT2D eigenvalue weighted by Crippen LogP contribution is -2.08. The summed E-state index contributed by atoms with van der Waals surface area (Å²) >= 11 is 0. The maximum absolute atomic E-state index is 12.0. The van der Waals surface area contributed by atoms with Gasteiger partial charge in [-0.2, -0.15) is 0 Å². The van der Waals surface area contributed by atoms with Gasteiger partial charge < -0.3 is 9.26 Å². The minimum atomic E-state index is -2.65. The van der Waals surface area contributed by atoms with Gasteiger partial charge in [0, 0.05) is 19.1 Å². The highest BCUT2D eigenvalue weighted by Crippen LogP contribution is 2.40. The van der Waals surface area contributed by atoms with E-state index in [-0.39, 0.29) is 0 Å². The van der Waals surface area contributed by atoms with E-state index < -0.39 is 7.37 Å². The molecule has 0 saturated carbocycles. The molecule has 78 valence electrons. The van der Waals surface area contributed by atoms with Crippen LogP contribution in [0.15, 0.2) is 30.3 Å². The van der Waals surface area contributed by atoms with E-state index >= 15 is 0 Å². The quantitative estimate of drug-likeness (QED) is 0.554. The molecule has 0 saturated heterocycles. The zero-order valence-corrected chi connectivity index (χ0v) is 9.37. The summed E-state index contributed by atoms with van der Waals surface area (Å²) in [5.41, 5.74) is 0. The molecule has 1 unspecified atom stereocenters. The van der Waals surface area contributed by atoms with E-state index in [1.165, 1.54) is 0 Å². The van der Waals surface area contributed by atoms with Crippen LogP contribution in [0, 0.1) is 0 Å².